The van der Waals surface area contributed by atoms with Gasteiger partial charge in [-0.1, -0.05) is 24.3 Å². The van der Waals surface area contributed by atoms with E-state index in [4.69, 9.17) is 4.74 Å². The summed E-state index contributed by atoms with van der Waals surface area (Å²) < 4.78 is 5.37. The molecule has 1 aliphatic rings. The van der Waals surface area contributed by atoms with E-state index in [0.717, 1.165) is 30.9 Å². The Kier molecular flexibility index (Phi) is 3.92. The van der Waals surface area contributed by atoms with Gasteiger partial charge >= 0.3 is 0 Å². The van der Waals surface area contributed by atoms with Crippen molar-refractivity contribution in [1.29, 1.82) is 0 Å². The summed E-state index contributed by atoms with van der Waals surface area (Å²) in [4.78, 5) is 14.4. The Morgan fingerprint density at radius 3 is 2.94 bits per heavy atom. The van der Waals surface area contributed by atoms with Crippen molar-refractivity contribution >= 4 is 5.78 Å². The molecule has 1 atom stereocenters. The molecule has 0 spiro atoms. The molecular weight excluding hydrogens is 214 g/mol. The van der Waals surface area contributed by atoms with Crippen LogP contribution >= 0.6 is 0 Å². The molecular formula is C14H19NO2. The Hall–Kier alpha value is -1.19. The Bertz CT molecular complexity index is 403. The Morgan fingerprint density at radius 2 is 2.24 bits per heavy atom. The quantitative estimate of drug-likeness (QED) is 0.747. The summed E-state index contributed by atoms with van der Waals surface area (Å²) in [7, 11) is 0. The molecule has 0 bridgehead atoms. The minimum atomic E-state index is 0.205. The molecule has 3 nitrogen and oxygen atoms in total. The first-order chi connectivity index (χ1) is 8.18. The van der Waals surface area contributed by atoms with Crippen molar-refractivity contribution < 1.29 is 9.53 Å². The molecule has 92 valence electrons. The second kappa shape index (κ2) is 5.43. The first kappa shape index (κ1) is 12.3. The number of hydrogen-bond donors (Lipinski definition) is 0. The molecule has 17 heavy (non-hydrogen) atoms. The van der Waals surface area contributed by atoms with Crippen LogP contribution in [0.5, 0.6) is 0 Å². The summed E-state index contributed by atoms with van der Waals surface area (Å²) in [6.45, 7) is 6.88. The van der Waals surface area contributed by atoms with E-state index in [9.17, 15) is 4.79 Å². The van der Waals surface area contributed by atoms with Crippen molar-refractivity contribution in [1.82, 2.24) is 4.90 Å². The van der Waals surface area contributed by atoms with Crippen LogP contribution in [-0.4, -0.2) is 43.0 Å². The third-order valence-electron chi connectivity index (χ3n) is 3.30. The lowest BCUT2D eigenvalue weighted by Crippen LogP contribution is -2.46. The minimum Gasteiger partial charge on any atom is -0.379 e. The second-order valence-corrected chi connectivity index (χ2v) is 4.63. The van der Waals surface area contributed by atoms with E-state index in [-0.39, 0.29) is 5.78 Å². The minimum absolute atomic E-state index is 0.205. The Labute approximate surface area is 102 Å². The predicted octanol–water partition coefficient (Wildman–Crippen LogP) is 1.90. The molecule has 1 aliphatic heterocycles. The molecule has 1 saturated heterocycles. The number of carbonyl (C=O) groups is 1. The summed E-state index contributed by atoms with van der Waals surface area (Å²) in [5.41, 5.74) is 1.89. The van der Waals surface area contributed by atoms with Crippen LogP contribution in [0.1, 0.15) is 22.8 Å². The molecule has 0 N–H and O–H groups in total. The van der Waals surface area contributed by atoms with Gasteiger partial charge in [-0.3, -0.25) is 9.69 Å². The van der Waals surface area contributed by atoms with Crippen LogP contribution < -0.4 is 0 Å². The largest absolute Gasteiger partial charge is 0.379 e. The van der Waals surface area contributed by atoms with Crippen LogP contribution in [0, 0.1) is 6.92 Å². The fourth-order valence-corrected chi connectivity index (χ4v) is 2.15. The van der Waals surface area contributed by atoms with Gasteiger partial charge in [0.05, 0.1) is 19.8 Å². The van der Waals surface area contributed by atoms with E-state index in [1.165, 1.54) is 0 Å². The molecule has 0 aliphatic carbocycles. The highest BCUT2D eigenvalue weighted by molar-refractivity contribution is 5.98. The molecule has 1 heterocycles. The molecule has 3 heteroatoms. The highest BCUT2D eigenvalue weighted by Crippen LogP contribution is 2.11. The number of aryl methyl sites for hydroxylation is 1. The normalized spacial score (nSPS) is 21.4. The van der Waals surface area contributed by atoms with Crippen LogP contribution in [0.4, 0.5) is 0 Å². The topological polar surface area (TPSA) is 29.5 Å². The van der Waals surface area contributed by atoms with Crippen LogP contribution in [-0.2, 0) is 4.74 Å². The number of nitrogens with zero attached hydrogens (tertiary/aromatic N) is 1. The summed E-state index contributed by atoms with van der Waals surface area (Å²) >= 11 is 0. The molecule has 1 fully saturated rings. The molecule has 0 radical (unpaired) electrons. The third kappa shape index (κ3) is 2.93. The lowest BCUT2D eigenvalue weighted by atomic mass is 10.0. The van der Waals surface area contributed by atoms with Crippen molar-refractivity contribution in [3.63, 3.8) is 0 Å². The second-order valence-electron chi connectivity index (χ2n) is 4.63. The van der Waals surface area contributed by atoms with Gasteiger partial charge in [-0.25, -0.2) is 0 Å². The average molecular weight is 233 g/mol. The molecule has 2 rings (SSSR count). The Morgan fingerprint density at radius 1 is 1.47 bits per heavy atom. The zero-order valence-corrected chi connectivity index (χ0v) is 10.5. The van der Waals surface area contributed by atoms with Crippen LogP contribution in [0.3, 0.4) is 0 Å². The summed E-state index contributed by atoms with van der Waals surface area (Å²) in [5, 5.41) is 0. The predicted molar refractivity (Wildman–Crippen MR) is 67.4 cm³/mol. The monoisotopic (exact) mass is 233 g/mol. The van der Waals surface area contributed by atoms with Gasteiger partial charge in [-0.05, 0) is 19.4 Å². The van der Waals surface area contributed by atoms with E-state index in [0.29, 0.717) is 12.6 Å². The number of carbonyl (C=O) groups excluding carboxylic acids is 1. The molecule has 0 amide bonds. The standard InChI is InChI=1S/C14H19NO2/c1-11-5-3-4-6-13(11)14(16)9-15-7-8-17-10-12(15)2/h3-6,12H,7-10H2,1-2H3. The summed E-state index contributed by atoms with van der Waals surface area (Å²) in [6.07, 6.45) is 0. The smallest absolute Gasteiger partial charge is 0.177 e. The molecule has 1 aromatic rings. The number of ketones is 1. The van der Waals surface area contributed by atoms with Gasteiger partial charge in [0, 0.05) is 18.2 Å². The third-order valence-corrected chi connectivity index (χ3v) is 3.30. The van der Waals surface area contributed by atoms with E-state index in [2.05, 4.69) is 11.8 Å². The van der Waals surface area contributed by atoms with Crippen molar-refractivity contribution in [2.24, 2.45) is 0 Å². The van der Waals surface area contributed by atoms with Crippen molar-refractivity contribution in [3.8, 4) is 0 Å². The van der Waals surface area contributed by atoms with E-state index >= 15 is 0 Å². The number of hydrogen-bond acceptors (Lipinski definition) is 3. The van der Waals surface area contributed by atoms with E-state index < -0.39 is 0 Å². The lowest BCUT2D eigenvalue weighted by molar-refractivity contribution is 0.00200. The van der Waals surface area contributed by atoms with Gasteiger partial charge in [0.2, 0.25) is 0 Å². The van der Waals surface area contributed by atoms with Gasteiger partial charge in [-0.2, -0.15) is 0 Å². The fourth-order valence-electron chi connectivity index (χ4n) is 2.15. The van der Waals surface area contributed by atoms with Crippen LogP contribution in [0.25, 0.3) is 0 Å². The molecule has 0 saturated carbocycles. The first-order valence-corrected chi connectivity index (χ1v) is 6.09. The van der Waals surface area contributed by atoms with Crippen molar-refractivity contribution in [2.75, 3.05) is 26.3 Å². The van der Waals surface area contributed by atoms with Gasteiger partial charge in [0.1, 0.15) is 0 Å². The summed E-state index contributed by atoms with van der Waals surface area (Å²) in [6, 6.07) is 8.10. The van der Waals surface area contributed by atoms with E-state index in [1.807, 2.05) is 31.2 Å². The zero-order valence-electron chi connectivity index (χ0n) is 10.5. The maximum atomic E-state index is 12.2. The van der Waals surface area contributed by atoms with Crippen molar-refractivity contribution in [2.45, 2.75) is 19.9 Å². The number of ether oxygens (including phenoxy) is 1. The van der Waals surface area contributed by atoms with Gasteiger partial charge < -0.3 is 4.74 Å². The first-order valence-electron chi connectivity index (χ1n) is 6.09. The van der Waals surface area contributed by atoms with E-state index in [1.54, 1.807) is 0 Å². The zero-order chi connectivity index (χ0) is 12.3. The van der Waals surface area contributed by atoms with Crippen molar-refractivity contribution in [3.05, 3.63) is 35.4 Å². The SMILES string of the molecule is Cc1ccccc1C(=O)CN1CCOCC1C. The van der Waals surface area contributed by atoms with Crippen LogP contribution in [0.2, 0.25) is 0 Å². The number of morpholine rings is 1. The van der Waals surface area contributed by atoms with Gasteiger partial charge in [0.15, 0.2) is 5.78 Å². The highest BCUT2D eigenvalue weighted by Gasteiger charge is 2.21. The fraction of sp³-hybridized carbons (Fsp3) is 0.500. The average Bonchev–Trinajstić information content (AvgIpc) is 2.32. The lowest BCUT2D eigenvalue weighted by Gasteiger charge is -2.32. The molecule has 1 unspecified atom stereocenters. The molecule has 1 aromatic carbocycles. The van der Waals surface area contributed by atoms with Gasteiger partial charge in [0.25, 0.3) is 0 Å². The number of Topliss-reactive ketones (excluding diaryl/α,β-unsaturated/α-hetero) is 1. The summed E-state index contributed by atoms with van der Waals surface area (Å²) in [5.74, 6) is 0.205. The van der Waals surface area contributed by atoms with Gasteiger partial charge in [-0.15, -0.1) is 0 Å². The maximum absolute atomic E-state index is 12.2. The number of rotatable bonds is 3. The molecule has 0 aromatic heterocycles. The maximum Gasteiger partial charge on any atom is 0.177 e. The highest BCUT2D eigenvalue weighted by atomic mass is 16.5. The number of benzene rings is 1. The Balaban J connectivity index is 2.04. The van der Waals surface area contributed by atoms with Crippen LogP contribution in [0.15, 0.2) is 24.3 Å².